The van der Waals surface area contributed by atoms with Gasteiger partial charge < -0.3 is 18.6 Å². The number of imidazole rings is 1. The number of methoxy groups -OCH3 is 1. The number of morpholine rings is 1. The minimum Gasteiger partial charge on any atom is -0.497 e. The summed E-state index contributed by atoms with van der Waals surface area (Å²) in [6, 6.07) is 10.7. The van der Waals surface area contributed by atoms with Gasteiger partial charge in [0.15, 0.2) is 5.65 Å². The van der Waals surface area contributed by atoms with Crippen molar-refractivity contribution in [2.75, 3.05) is 20.2 Å². The number of nitrogens with zero attached hydrogens (tertiary/aromatic N) is 5. The molecule has 0 saturated carbocycles. The van der Waals surface area contributed by atoms with Gasteiger partial charge in [-0.1, -0.05) is 24.2 Å². The number of rotatable bonds is 7. The second-order valence-corrected chi connectivity index (χ2v) is 10.4. The molecule has 196 valence electrons. The van der Waals surface area contributed by atoms with Gasteiger partial charge in [0, 0.05) is 48.9 Å². The highest BCUT2D eigenvalue weighted by Crippen LogP contribution is 2.32. The maximum Gasteiger partial charge on any atom is 0.160 e. The number of ether oxygens (including phenoxy) is 2. The number of hydrogen-bond donors (Lipinski definition) is 0. The molecule has 1 aliphatic rings. The molecule has 0 spiro atoms. The SMILES string of the molecule is COc1ccc(C(C)c2nc3cc(-c4c(C)noc4C)cnc3n2CC(C)N2C[C@@H](C)O[C@@H](C)C2)cc1. The zero-order chi connectivity index (χ0) is 26.3. The quantitative estimate of drug-likeness (QED) is 0.336. The summed E-state index contributed by atoms with van der Waals surface area (Å²) in [7, 11) is 1.69. The lowest BCUT2D eigenvalue weighted by atomic mass is 10.00. The van der Waals surface area contributed by atoms with E-state index in [9.17, 15) is 0 Å². The van der Waals surface area contributed by atoms with Crippen LogP contribution in [0.2, 0.25) is 0 Å². The van der Waals surface area contributed by atoms with Gasteiger partial charge in [0.25, 0.3) is 0 Å². The molecule has 3 aromatic heterocycles. The van der Waals surface area contributed by atoms with Gasteiger partial charge in [-0.3, -0.25) is 4.90 Å². The summed E-state index contributed by atoms with van der Waals surface area (Å²) in [5, 5.41) is 4.13. The predicted molar refractivity (Wildman–Crippen MR) is 144 cm³/mol. The molecule has 2 unspecified atom stereocenters. The van der Waals surface area contributed by atoms with Crippen molar-refractivity contribution in [3.63, 3.8) is 0 Å². The van der Waals surface area contributed by atoms with E-state index in [-0.39, 0.29) is 18.1 Å². The van der Waals surface area contributed by atoms with Gasteiger partial charge in [0.2, 0.25) is 0 Å². The molecule has 0 N–H and O–H groups in total. The Bertz CT molecular complexity index is 1350. The number of hydrogen-bond acceptors (Lipinski definition) is 7. The molecule has 8 nitrogen and oxygen atoms in total. The topological polar surface area (TPSA) is 78.4 Å². The summed E-state index contributed by atoms with van der Waals surface area (Å²) in [6.07, 6.45) is 2.36. The van der Waals surface area contributed by atoms with Crippen molar-refractivity contribution in [2.45, 2.75) is 72.3 Å². The van der Waals surface area contributed by atoms with Crippen molar-refractivity contribution >= 4 is 11.2 Å². The molecule has 1 saturated heterocycles. The number of aryl methyl sites for hydroxylation is 2. The van der Waals surface area contributed by atoms with Crippen LogP contribution in [0.4, 0.5) is 0 Å². The molecule has 4 heterocycles. The summed E-state index contributed by atoms with van der Waals surface area (Å²) < 4.78 is 19.1. The van der Waals surface area contributed by atoms with Gasteiger partial charge in [-0.25, -0.2) is 9.97 Å². The monoisotopic (exact) mass is 503 g/mol. The Morgan fingerprint density at radius 2 is 1.78 bits per heavy atom. The highest BCUT2D eigenvalue weighted by atomic mass is 16.5. The van der Waals surface area contributed by atoms with E-state index in [4.69, 9.17) is 24.0 Å². The molecule has 0 aliphatic carbocycles. The van der Waals surface area contributed by atoms with Gasteiger partial charge in [-0.2, -0.15) is 0 Å². The third-order valence-corrected chi connectivity index (χ3v) is 7.46. The standard InChI is InChI=1S/C29H37N5O3/c1-17(33-15-18(2)36-19(3)16-33)14-34-28(20(4)23-8-10-25(35-7)11-9-23)31-26-12-24(13-30-29(26)34)27-21(5)32-37-22(27)6/h8-13,17-20H,14-16H2,1-7H3/t17?,18-,19+,20?. The maximum absolute atomic E-state index is 5.98. The van der Waals surface area contributed by atoms with Crippen molar-refractivity contribution in [2.24, 2.45) is 0 Å². The van der Waals surface area contributed by atoms with E-state index in [0.29, 0.717) is 6.04 Å². The van der Waals surface area contributed by atoms with E-state index in [1.54, 1.807) is 7.11 Å². The van der Waals surface area contributed by atoms with Gasteiger partial charge in [0.05, 0.1) is 25.0 Å². The third-order valence-electron chi connectivity index (χ3n) is 7.46. The Labute approximate surface area is 218 Å². The van der Waals surface area contributed by atoms with Crippen LogP contribution in [0.1, 0.15) is 56.5 Å². The molecule has 4 aromatic rings. The number of benzene rings is 1. The first kappa shape index (κ1) is 25.4. The van der Waals surface area contributed by atoms with Crippen molar-refractivity contribution in [1.29, 1.82) is 0 Å². The molecule has 4 atom stereocenters. The largest absolute Gasteiger partial charge is 0.497 e. The molecule has 8 heteroatoms. The summed E-state index contributed by atoms with van der Waals surface area (Å²) in [6.45, 7) is 15.3. The Morgan fingerprint density at radius 1 is 1.08 bits per heavy atom. The van der Waals surface area contributed by atoms with Crippen LogP contribution in [-0.4, -0.2) is 63.0 Å². The average molecular weight is 504 g/mol. The molecular weight excluding hydrogens is 466 g/mol. The van der Waals surface area contributed by atoms with Crippen LogP contribution < -0.4 is 4.74 Å². The molecule has 0 amide bonds. The Morgan fingerprint density at radius 3 is 2.41 bits per heavy atom. The van der Waals surface area contributed by atoms with Gasteiger partial charge in [-0.05, 0) is 58.4 Å². The lowest BCUT2D eigenvalue weighted by Gasteiger charge is -2.39. The van der Waals surface area contributed by atoms with E-state index >= 15 is 0 Å². The maximum atomic E-state index is 5.98. The third kappa shape index (κ3) is 5.00. The van der Waals surface area contributed by atoms with Crippen LogP contribution in [0.15, 0.2) is 41.1 Å². The van der Waals surface area contributed by atoms with Crippen LogP contribution in [0, 0.1) is 13.8 Å². The van der Waals surface area contributed by atoms with E-state index in [2.05, 4.69) is 60.5 Å². The number of pyridine rings is 1. The fourth-order valence-corrected chi connectivity index (χ4v) is 5.57. The van der Waals surface area contributed by atoms with Gasteiger partial charge in [0.1, 0.15) is 22.9 Å². The van der Waals surface area contributed by atoms with E-state index in [0.717, 1.165) is 65.0 Å². The number of aromatic nitrogens is 4. The minimum absolute atomic E-state index is 0.0809. The van der Waals surface area contributed by atoms with E-state index in [1.165, 1.54) is 5.56 Å². The first-order valence-electron chi connectivity index (χ1n) is 13.1. The van der Waals surface area contributed by atoms with Crippen LogP contribution >= 0.6 is 0 Å². The molecule has 0 bridgehead atoms. The van der Waals surface area contributed by atoms with Crippen molar-refractivity contribution in [3.8, 4) is 16.9 Å². The van der Waals surface area contributed by atoms with Crippen molar-refractivity contribution < 1.29 is 14.0 Å². The summed E-state index contributed by atoms with van der Waals surface area (Å²) in [5.41, 5.74) is 5.77. The molecule has 0 radical (unpaired) electrons. The minimum atomic E-state index is 0.0809. The second-order valence-electron chi connectivity index (χ2n) is 10.4. The van der Waals surface area contributed by atoms with Crippen molar-refractivity contribution in [3.05, 3.63) is 59.4 Å². The molecule has 1 fully saturated rings. The Kier molecular flexibility index (Phi) is 7.05. The zero-order valence-electron chi connectivity index (χ0n) is 22.9. The van der Waals surface area contributed by atoms with Crippen molar-refractivity contribution in [1.82, 2.24) is 24.6 Å². The van der Waals surface area contributed by atoms with E-state index < -0.39 is 0 Å². The lowest BCUT2D eigenvalue weighted by molar-refractivity contribution is -0.0799. The van der Waals surface area contributed by atoms with E-state index in [1.807, 2.05) is 32.2 Å². The molecule has 1 aromatic carbocycles. The average Bonchev–Trinajstić information content (AvgIpc) is 3.41. The lowest BCUT2D eigenvalue weighted by Crippen LogP contribution is -2.50. The molecular formula is C29H37N5O3. The predicted octanol–water partition coefficient (Wildman–Crippen LogP) is 5.36. The summed E-state index contributed by atoms with van der Waals surface area (Å²) in [5.74, 6) is 2.72. The fourth-order valence-electron chi connectivity index (χ4n) is 5.57. The van der Waals surface area contributed by atoms with Crippen LogP contribution in [0.3, 0.4) is 0 Å². The fraction of sp³-hybridized carbons (Fsp3) is 0.483. The summed E-state index contributed by atoms with van der Waals surface area (Å²) in [4.78, 5) is 12.6. The Hall–Kier alpha value is -3.23. The first-order valence-corrected chi connectivity index (χ1v) is 13.1. The van der Waals surface area contributed by atoms with Crippen LogP contribution in [0.25, 0.3) is 22.3 Å². The highest BCUT2D eigenvalue weighted by molar-refractivity contribution is 5.80. The molecule has 5 rings (SSSR count). The zero-order valence-corrected chi connectivity index (χ0v) is 22.9. The first-order chi connectivity index (χ1) is 17.7. The van der Waals surface area contributed by atoms with Gasteiger partial charge >= 0.3 is 0 Å². The normalized spacial score (nSPS) is 20.3. The molecule has 1 aliphatic heterocycles. The number of fused-ring (bicyclic) bond motifs is 1. The smallest absolute Gasteiger partial charge is 0.160 e. The second kappa shape index (κ2) is 10.3. The van der Waals surface area contributed by atoms with Crippen LogP contribution in [0.5, 0.6) is 5.75 Å². The van der Waals surface area contributed by atoms with Gasteiger partial charge in [-0.15, -0.1) is 0 Å². The summed E-state index contributed by atoms with van der Waals surface area (Å²) >= 11 is 0. The highest BCUT2D eigenvalue weighted by Gasteiger charge is 2.28. The Balaban J connectivity index is 1.56. The molecule has 37 heavy (non-hydrogen) atoms. The van der Waals surface area contributed by atoms with Crippen LogP contribution in [-0.2, 0) is 11.3 Å².